The van der Waals surface area contributed by atoms with E-state index in [-0.39, 0.29) is 11.3 Å². The summed E-state index contributed by atoms with van der Waals surface area (Å²) in [5.74, 6) is 0.733. The van der Waals surface area contributed by atoms with Crippen molar-refractivity contribution in [2.75, 3.05) is 27.3 Å². The molecule has 0 aliphatic carbocycles. The molecule has 1 N–H and O–H groups in total. The van der Waals surface area contributed by atoms with E-state index in [0.717, 1.165) is 23.7 Å². The number of hydrogen-bond donors (Lipinski definition) is 1. The Morgan fingerprint density at radius 2 is 1.92 bits per heavy atom. The van der Waals surface area contributed by atoms with Gasteiger partial charge in [-0.25, -0.2) is 4.79 Å². The van der Waals surface area contributed by atoms with Gasteiger partial charge < -0.3 is 14.8 Å². The molecule has 3 rings (SSSR count). The largest absolute Gasteiger partial charge is 0.497 e. The van der Waals surface area contributed by atoms with Gasteiger partial charge in [0.05, 0.1) is 19.8 Å². The number of amides is 1. The number of carbonyl (C=O) groups is 2. The van der Waals surface area contributed by atoms with Gasteiger partial charge in [-0.3, -0.25) is 9.69 Å². The minimum Gasteiger partial charge on any atom is -0.497 e. The quantitative estimate of drug-likeness (QED) is 0.672. The molecule has 132 valence electrons. The average Bonchev–Trinajstić information content (AvgIpc) is 2.86. The minimum atomic E-state index is -0.547. The van der Waals surface area contributed by atoms with Crippen LogP contribution in [-0.4, -0.2) is 44.1 Å². The lowest BCUT2D eigenvalue weighted by atomic mass is 9.91. The molecule has 0 saturated carbocycles. The van der Waals surface area contributed by atoms with E-state index < -0.39 is 5.97 Å². The van der Waals surface area contributed by atoms with Crippen LogP contribution >= 0.6 is 0 Å². The van der Waals surface area contributed by atoms with Crippen molar-refractivity contribution >= 4 is 17.4 Å². The van der Waals surface area contributed by atoms with Crippen LogP contribution in [0.3, 0.4) is 0 Å². The van der Waals surface area contributed by atoms with E-state index in [9.17, 15) is 9.59 Å². The van der Waals surface area contributed by atoms with Gasteiger partial charge in [-0.05, 0) is 17.7 Å². The van der Waals surface area contributed by atoms with Crippen LogP contribution in [-0.2, 0) is 14.3 Å². The van der Waals surface area contributed by atoms with Crippen LogP contribution in [0.25, 0.3) is 5.57 Å². The summed E-state index contributed by atoms with van der Waals surface area (Å²) in [5.41, 5.74) is 1.85. The second-order valence-electron chi connectivity index (χ2n) is 6.94. The molecule has 0 unspecified atom stereocenters. The molecule has 2 aliphatic heterocycles. The first-order valence-corrected chi connectivity index (χ1v) is 8.11. The number of hydrogen-bond acceptors (Lipinski definition) is 5. The molecule has 1 fully saturated rings. The lowest BCUT2D eigenvalue weighted by Gasteiger charge is -2.38. The molecule has 1 amide bonds. The normalized spacial score (nSPS) is 20.4. The zero-order valence-electron chi connectivity index (χ0n) is 14.9. The molecule has 6 heteroatoms. The van der Waals surface area contributed by atoms with Crippen LogP contribution in [0.2, 0.25) is 0 Å². The molecule has 25 heavy (non-hydrogen) atoms. The Kier molecular flexibility index (Phi) is 4.29. The maximum absolute atomic E-state index is 12.9. The van der Waals surface area contributed by atoms with Crippen molar-refractivity contribution in [1.29, 1.82) is 0 Å². The summed E-state index contributed by atoms with van der Waals surface area (Å²) >= 11 is 0. The van der Waals surface area contributed by atoms with Crippen molar-refractivity contribution in [3.8, 4) is 5.75 Å². The fourth-order valence-electron chi connectivity index (χ4n) is 3.12. The number of esters is 1. The fraction of sp³-hybridized carbons (Fsp3) is 0.368. The minimum absolute atomic E-state index is 0.0507. The third kappa shape index (κ3) is 3.12. The Labute approximate surface area is 147 Å². The maximum Gasteiger partial charge on any atom is 0.331 e. The fourth-order valence-corrected chi connectivity index (χ4v) is 3.12. The van der Waals surface area contributed by atoms with Gasteiger partial charge in [-0.2, -0.15) is 0 Å². The molecule has 6 nitrogen and oxygen atoms in total. The Morgan fingerprint density at radius 3 is 2.52 bits per heavy atom. The Balaban J connectivity index is 2.12. The van der Waals surface area contributed by atoms with E-state index in [1.807, 2.05) is 24.3 Å². The number of ether oxygens (including phenoxy) is 2. The standard InChI is InChI=1S/C19H22N2O4/c1-19(2)10-20-17-16(12-5-7-13(24-3)8-6-12)14(9-15(22)25-4)18(23)21(17)11-19/h5-9,20H,10-11H2,1-4H3/b14-9+. The predicted octanol–water partition coefficient (Wildman–Crippen LogP) is 1.93. The van der Waals surface area contributed by atoms with Gasteiger partial charge >= 0.3 is 5.97 Å². The summed E-state index contributed by atoms with van der Waals surface area (Å²) in [6, 6.07) is 7.42. The zero-order chi connectivity index (χ0) is 18.2. The highest BCUT2D eigenvalue weighted by Gasteiger charge is 2.42. The van der Waals surface area contributed by atoms with Gasteiger partial charge in [0, 0.05) is 30.2 Å². The molecule has 0 radical (unpaired) electrons. The molecule has 1 saturated heterocycles. The summed E-state index contributed by atoms with van der Waals surface area (Å²) in [4.78, 5) is 26.4. The van der Waals surface area contributed by atoms with Gasteiger partial charge in [0.25, 0.3) is 5.91 Å². The molecular weight excluding hydrogens is 320 g/mol. The number of nitrogens with one attached hydrogen (secondary N) is 1. The number of fused-ring (bicyclic) bond motifs is 1. The Bertz CT molecular complexity index is 775. The highest BCUT2D eigenvalue weighted by Crippen LogP contribution is 2.39. The first-order valence-electron chi connectivity index (χ1n) is 8.11. The SMILES string of the molecule is COC(=O)/C=C1/C(=O)N2CC(C)(C)CNC2=C1c1ccc(OC)cc1. The van der Waals surface area contributed by atoms with Crippen LogP contribution in [0.1, 0.15) is 19.4 Å². The summed E-state index contributed by atoms with van der Waals surface area (Å²) in [5, 5.41) is 3.36. The first-order chi connectivity index (χ1) is 11.9. The zero-order valence-corrected chi connectivity index (χ0v) is 14.9. The number of carbonyl (C=O) groups excluding carboxylic acids is 2. The lowest BCUT2D eigenvalue weighted by Crippen LogP contribution is -2.49. The summed E-state index contributed by atoms with van der Waals surface area (Å²) in [7, 11) is 2.90. The van der Waals surface area contributed by atoms with E-state index in [1.165, 1.54) is 13.2 Å². The highest BCUT2D eigenvalue weighted by molar-refractivity contribution is 6.17. The van der Waals surface area contributed by atoms with Gasteiger partial charge in [0.15, 0.2) is 0 Å². The summed E-state index contributed by atoms with van der Waals surface area (Å²) < 4.78 is 9.92. The monoisotopic (exact) mass is 342 g/mol. The van der Waals surface area contributed by atoms with Crippen molar-refractivity contribution in [3.63, 3.8) is 0 Å². The van der Waals surface area contributed by atoms with E-state index >= 15 is 0 Å². The molecule has 0 aromatic heterocycles. The molecular formula is C19H22N2O4. The summed E-state index contributed by atoms with van der Waals surface area (Å²) in [6.45, 7) is 5.53. The molecule has 2 heterocycles. The summed E-state index contributed by atoms with van der Waals surface area (Å²) in [6.07, 6.45) is 1.27. The average molecular weight is 342 g/mol. The van der Waals surface area contributed by atoms with Crippen LogP contribution in [0, 0.1) is 5.41 Å². The third-order valence-corrected chi connectivity index (χ3v) is 4.41. The number of rotatable bonds is 3. The van der Waals surface area contributed by atoms with Crippen molar-refractivity contribution in [2.24, 2.45) is 5.41 Å². The molecule has 2 aliphatic rings. The number of nitrogens with zero attached hydrogens (tertiary/aromatic N) is 1. The van der Waals surface area contributed by atoms with Gasteiger partial charge in [-0.15, -0.1) is 0 Å². The predicted molar refractivity (Wildman–Crippen MR) is 93.5 cm³/mol. The van der Waals surface area contributed by atoms with E-state index in [1.54, 1.807) is 12.0 Å². The van der Waals surface area contributed by atoms with Crippen molar-refractivity contribution in [2.45, 2.75) is 13.8 Å². The Hall–Kier alpha value is -2.76. The molecule has 0 spiro atoms. The van der Waals surface area contributed by atoms with Crippen molar-refractivity contribution in [3.05, 3.63) is 47.3 Å². The second kappa shape index (κ2) is 6.27. The highest BCUT2D eigenvalue weighted by atomic mass is 16.5. The smallest absolute Gasteiger partial charge is 0.331 e. The Morgan fingerprint density at radius 1 is 1.24 bits per heavy atom. The maximum atomic E-state index is 12.9. The van der Waals surface area contributed by atoms with Crippen LogP contribution in [0.5, 0.6) is 5.75 Å². The van der Waals surface area contributed by atoms with Crippen LogP contribution in [0.15, 0.2) is 41.7 Å². The topological polar surface area (TPSA) is 67.9 Å². The van der Waals surface area contributed by atoms with Crippen molar-refractivity contribution in [1.82, 2.24) is 10.2 Å². The van der Waals surface area contributed by atoms with Gasteiger partial charge in [0.2, 0.25) is 0 Å². The molecule has 1 aromatic rings. The lowest BCUT2D eigenvalue weighted by molar-refractivity contribution is -0.135. The first kappa shape index (κ1) is 17.1. The van der Waals surface area contributed by atoms with Crippen LogP contribution < -0.4 is 10.1 Å². The number of benzene rings is 1. The third-order valence-electron chi connectivity index (χ3n) is 4.41. The van der Waals surface area contributed by atoms with Gasteiger partial charge in [-0.1, -0.05) is 26.0 Å². The van der Waals surface area contributed by atoms with Crippen molar-refractivity contribution < 1.29 is 19.1 Å². The van der Waals surface area contributed by atoms with E-state index in [4.69, 9.17) is 9.47 Å². The van der Waals surface area contributed by atoms with E-state index in [2.05, 4.69) is 19.2 Å². The number of methoxy groups -OCH3 is 2. The molecule has 0 bridgehead atoms. The molecule has 0 atom stereocenters. The second-order valence-corrected chi connectivity index (χ2v) is 6.94. The molecule has 1 aromatic carbocycles. The van der Waals surface area contributed by atoms with Crippen LogP contribution in [0.4, 0.5) is 0 Å². The van der Waals surface area contributed by atoms with Gasteiger partial charge in [0.1, 0.15) is 11.6 Å². The van der Waals surface area contributed by atoms with E-state index in [0.29, 0.717) is 17.7 Å².